The van der Waals surface area contributed by atoms with E-state index in [1.165, 1.54) is 27.4 Å². The van der Waals surface area contributed by atoms with E-state index in [1.54, 1.807) is 0 Å². The Balaban J connectivity index is 2.26. The number of hydrogen-bond acceptors (Lipinski definition) is 1. The number of aromatic nitrogens is 1. The Morgan fingerprint density at radius 3 is 2.50 bits per heavy atom. The van der Waals surface area contributed by atoms with Gasteiger partial charge >= 0.3 is 0 Å². The molecule has 2 heteroatoms. The number of para-hydroxylation sites is 1. The number of benzene rings is 2. The summed E-state index contributed by atoms with van der Waals surface area (Å²) < 4.78 is 8.09. The standard InChI is InChI=1S/C18H21NO/c1-4-19-17-9-7-6-8-15(17)16-12-14(10-11-18(16)19)13(3)20-5-2/h6-13H,4-5H2,1-3H3/t13-/m1/s1. The minimum absolute atomic E-state index is 0.146. The van der Waals surface area contributed by atoms with Crippen LogP contribution in [0.25, 0.3) is 21.8 Å². The van der Waals surface area contributed by atoms with Crippen LogP contribution in [0.5, 0.6) is 0 Å². The fraction of sp³-hybridized carbons (Fsp3) is 0.333. The lowest BCUT2D eigenvalue weighted by molar-refractivity contribution is 0.0765. The van der Waals surface area contributed by atoms with Gasteiger partial charge in [0.2, 0.25) is 0 Å². The maximum absolute atomic E-state index is 5.72. The summed E-state index contributed by atoms with van der Waals surface area (Å²) in [5.41, 5.74) is 3.87. The molecule has 2 aromatic carbocycles. The first-order chi connectivity index (χ1) is 9.76. The zero-order valence-corrected chi connectivity index (χ0v) is 12.4. The fourth-order valence-corrected chi connectivity index (χ4v) is 3.01. The average Bonchev–Trinajstić information content (AvgIpc) is 2.80. The molecule has 0 aliphatic rings. The zero-order chi connectivity index (χ0) is 14.1. The number of fused-ring (bicyclic) bond motifs is 3. The molecule has 0 spiro atoms. The Morgan fingerprint density at radius 1 is 1.00 bits per heavy atom. The molecule has 1 heterocycles. The van der Waals surface area contributed by atoms with Gasteiger partial charge in [0.15, 0.2) is 0 Å². The Labute approximate surface area is 120 Å². The van der Waals surface area contributed by atoms with Gasteiger partial charge < -0.3 is 9.30 Å². The average molecular weight is 267 g/mol. The molecule has 1 aromatic heterocycles. The number of aryl methyl sites for hydroxylation is 1. The molecular weight excluding hydrogens is 246 g/mol. The van der Waals surface area contributed by atoms with Gasteiger partial charge in [0.05, 0.1) is 6.10 Å². The van der Waals surface area contributed by atoms with Crippen LogP contribution in [-0.4, -0.2) is 11.2 Å². The van der Waals surface area contributed by atoms with E-state index in [1.807, 2.05) is 6.92 Å². The van der Waals surface area contributed by atoms with Crippen LogP contribution in [-0.2, 0) is 11.3 Å². The molecule has 0 saturated heterocycles. The van der Waals surface area contributed by atoms with Crippen molar-refractivity contribution in [3.05, 3.63) is 48.0 Å². The fourth-order valence-electron chi connectivity index (χ4n) is 3.01. The summed E-state index contributed by atoms with van der Waals surface area (Å²) in [5.74, 6) is 0. The predicted molar refractivity (Wildman–Crippen MR) is 85.2 cm³/mol. The van der Waals surface area contributed by atoms with Crippen LogP contribution < -0.4 is 0 Å². The summed E-state index contributed by atoms with van der Waals surface area (Å²) >= 11 is 0. The van der Waals surface area contributed by atoms with Gasteiger partial charge in [-0.1, -0.05) is 24.3 Å². The largest absolute Gasteiger partial charge is 0.374 e. The molecular formula is C18H21NO. The van der Waals surface area contributed by atoms with Crippen LogP contribution in [0.1, 0.15) is 32.4 Å². The number of hydrogen-bond donors (Lipinski definition) is 0. The molecule has 0 bridgehead atoms. The number of ether oxygens (including phenoxy) is 1. The molecule has 0 aliphatic carbocycles. The molecule has 20 heavy (non-hydrogen) atoms. The van der Waals surface area contributed by atoms with Gasteiger partial charge in [-0.05, 0) is 44.5 Å². The minimum atomic E-state index is 0.146. The van der Waals surface area contributed by atoms with E-state index in [9.17, 15) is 0 Å². The van der Waals surface area contributed by atoms with Gasteiger partial charge in [0, 0.05) is 35.0 Å². The lowest BCUT2D eigenvalue weighted by atomic mass is 10.1. The van der Waals surface area contributed by atoms with Gasteiger partial charge in [-0.3, -0.25) is 0 Å². The third-order valence-electron chi connectivity index (χ3n) is 4.00. The first kappa shape index (κ1) is 13.2. The Kier molecular flexibility index (Phi) is 3.49. The summed E-state index contributed by atoms with van der Waals surface area (Å²) in [7, 11) is 0. The Bertz CT molecular complexity index is 742. The van der Waals surface area contributed by atoms with Crippen molar-refractivity contribution < 1.29 is 4.74 Å². The van der Waals surface area contributed by atoms with Gasteiger partial charge in [-0.25, -0.2) is 0 Å². The summed E-state index contributed by atoms with van der Waals surface area (Å²) in [6.07, 6.45) is 0.146. The highest BCUT2D eigenvalue weighted by atomic mass is 16.5. The van der Waals surface area contributed by atoms with Crippen LogP contribution in [0.3, 0.4) is 0 Å². The maximum atomic E-state index is 5.72. The lowest BCUT2D eigenvalue weighted by Gasteiger charge is -2.12. The van der Waals surface area contributed by atoms with E-state index in [-0.39, 0.29) is 6.10 Å². The quantitative estimate of drug-likeness (QED) is 0.655. The molecule has 3 rings (SSSR count). The maximum Gasteiger partial charge on any atom is 0.0796 e. The van der Waals surface area contributed by atoms with Crippen LogP contribution >= 0.6 is 0 Å². The first-order valence-electron chi connectivity index (χ1n) is 7.38. The van der Waals surface area contributed by atoms with Crippen molar-refractivity contribution in [1.29, 1.82) is 0 Å². The molecule has 0 unspecified atom stereocenters. The lowest BCUT2D eigenvalue weighted by Crippen LogP contribution is -1.99. The molecule has 0 fully saturated rings. The number of rotatable bonds is 4. The van der Waals surface area contributed by atoms with Crippen LogP contribution in [0.2, 0.25) is 0 Å². The van der Waals surface area contributed by atoms with E-state index in [0.717, 1.165) is 13.2 Å². The molecule has 1 atom stereocenters. The molecule has 2 nitrogen and oxygen atoms in total. The summed E-state index contributed by atoms with van der Waals surface area (Å²) in [6, 6.07) is 15.3. The molecule has 104 valence electrons. The third-order valence-corrected chi connectivity index (χ3v) is 4.00. The SMILES string of the molecule is CCO[C@H](C)c1ccc2c(c1)c1ccccc1n2CC. The van der Waals surface area contributed by atoms with Crippen molar-refractivity contribution >= 4 is 21.8 Å². The van der Waals surface area contributed by atoms with Gasteiger partial charge in [0.1, 0.15) is 0 Å². The molecule has 0 amide bonds. The Hall–Kier alpha value is -1.80. The highest BCUT2D eigenvalue weighted by Gasteiger charge is 2.12. The second-order valence-corrected chi connectivity index (χ2v) is 5.14. The topological polar surface area (TPSA) is 14.2 Å². The van der Waals surface area contributed by atoms with Crippen molar-refractivity contribution in [2.45, 2.75) is 33.4 Å². The van der Waals surface area contributed by atoms with Crippen molar-refractivity contribution in [3.8, 4) is 0 Å². The molecule has 0 radical (unpaired) electrons. The molecule has 3 aromatic rings. The monoisotopic (exact) mass is 267 g/mol. The van der Waals surface area contributed by atoms with Crippen molar-refractivity contribution in [3.63, 3.8) is 0 Å². The van der Waals surface area contributed by atoms with Gasteiger partial charge in [-0.2, -0.15) is 0 Å². The van der Waals surface area contributed by atoms with Crippen LogP contribution in [0.15, 0.2) is 42.5 Å². The summed E-state index contributed by atoms with van der Waals surface area (Å²) in [5, 5.41) is 2.65. The molecule has 0 aliphatic heterocycles. The third kappa shape index (κ3) is 2.01. The first-order valence-corrected chi connectivity index (χ1v) is 7.38. The second-order valence-electron chi connectivity index (χ2n) is 5.14. The normalized spacial score (nSPS) is 13.2. The van der Waals surface area contributed by atoms with E-state index < -0.39 is 0 Å². The minimum Gasteiger partial charge on any atom is -0.374 e. The van der Waals surface area contributed by atoms with Crippen molar-refractivity contribution in [1.82, 2.24) is 4.57 Å². The van der Waals surface area contributed by atoms with E-state index in [4.69, 9.17) is 4.74 Å². The smallest absolute Gasteiger partial charge is 0.0796 e. The van der Waals surface area contributed by atoms with E-state index >= 15 is 0 Å². The van der Waals surface area contributed by atoms with E-state index in [0.29, 0.717) is 0 Å². The summed E-state index contributed by atoms with van der Waals surface area (Å²) in [4.78, 5) is 0. The van der Waals surface area contributed by atoms with Crippen LogP contribution in [0.4, 0.5) is 0 Å². The highest BCUT2D eigenvalue weighted by Crippen LogP contribution is 2.31. The van der Waals surface area contributed by atoms with E-state index in [2.05, 4.69) is 60.9 Å². The summed E-state index contributed by atoms with van der Waals surface area (Å²) in [6.45, 7) is 8.09. The Morgan fingerprint density at radius 2 is 1.75 bits per heavy atom. The molecule has 0 saturated carbocycles. The molecule has 0 N–H and O–H groups in total. The van der Waals surface area contributed by atoms with Crippen LogP contribution in [0, 0.1) is 0 Å². The second kappa shape index (κ2) is 5.29. The van der Waals surface area contributed by atoms with Crippen molar-refractivity contribution in [2.75, 3.05) is 6.61 Å². The number of nitrogens with zero attached hydrogens (tertiary/aromatic N) is 1. The van der Waals surface area contributed by atoms with Gasteiger partial charge in [-0.15, -0.1) is 0 Å². The highest BCUT2D eigenvalue weighted by molar-refractivity contribution is 6.08. The van der Waals surface area contributed by atoms with Crippen molar-refractivity contribution in [2.24, 2.45) is 0 Å². The predicted octanol–water partition coefficient (Wildman–Crippen LogP) is 4.91. The van der Waals surface area contributed by atoms with Gasteiger partial charge in [0.25, 0.3) is 0 Å². The zero-order valence-electron chi connectivity index (χ0n) is 12.4.